The predicted octanol–water partition coefficient (Wildman–Crippen LogP) is 2.25. The second kappa shape index (κ2) is 4.42. The summed E-state index contributed by atoms with van der Waals surface area (Å²) in [7, 11) is 0. The summed E-state index contributed by atoms with van der Waals surface area (Å²) in [6, 6.07) is 8.02. The Morgan fingerprint density at radius 2 is 2.12 bits per heavy atom. The molecule has 3 nitrogen and oxygen atoms in total. The quantitative estimate of drug-likeness (QED) is 0.808. The smallest absolute Gasteiger partial charge is 0.217 e. The van der Waals surface area contributed by atoms with Crippen molar-refractivity contribution in [3.05, 3.63) is 35.4 Å². The van der Waals surface area contributed by atoms with Crippen molar-refractivity contribution in [1.82, 2.24) is 0 Å². The van der Waals surface area contributed by atoms with Gasteiger partial charge >= 0.3 is 0 Å². The van der Waals surface area contributed by atoms with Gasteiger partial charge in [-0.3, -0.25) is 0 Å². The van der Waals surface area contributed by atoms with E-state index in [1.165, 1.54) is 5.56 Å². The molecule has 3 atom stereocenters. The molecule has 1 aliphatic carbocycles. The lowest BCUT2D eigenvalue weighted by molar-refractivity contribution is 0.170. The summed E-state index contributed by atoms with van der Waals surface area (Å²) in [6.07, 6.45) is 1.47. The fraction of sp³-hybridized carbons (Fsp3) is 0.462. The van der Waals surface area contributed by atoms with E-state index in [1.807, 2.05) is 18.2 Å². The van der Waals surface area contributed by atoms with Crippen LogP contribution in [-0.2, 0) is 11.3 Å². The molecule has 90 valence electrons. The van der Waals surface area contributed by atoms with Gasteiger partial charge in [-0.2, -0.15) is 0 Å². The predicted molar refractivity (Wildman–Crippen MR) is 69.5 cm³/mol. The minimum absolute atomic E-state index is 0.0412. The van der Waals surface area contributed by atoms with Crippen LogP contribution in [0.2, 0.25) is 0 Å². The van der Waals surface area contributed by atoms with Crippen LogP contribution in [0.15, 0.2) is 29.3 Å². The third-order valence-electron chi connectivity index (χ3n) is 3.40. The van der Waals surface area contributed by atoms with Gasteiger partial charge in [-0.05, 0) is 18.9 Å². The third-order valence-corrected chi connectivity index (χ3v) is 4.40. The van der Waals surface area contributed by atoms with Crippen LogP contribution < -0.4 is 0 Å². The first kappa shape index (κ1) is 11.2. The summed E-state index contributed by atoms with van der Waals surface area (Å²) in [5, 5.41) is 9.96. The maximum atomic E-state index is 9.96. The minimum Gasteiger partial charge on any atom is -0.473 e. The maximum Gasteiger partial charge on any atom is 0.217 e. The monoisotopic (exact) mass is 295 g/mol. The number of alkyl halides is 1. The van der Waals surface area contributed by atoms with Gasteiger partial charge in [0, 0.05) is 16.0 Å². The molecule has 1 aromatic rings. The van der Waals surface area contributed by atoms with Crippen molar-refractivity contribution in [3.63, 3.8) is 0 Å². The molecule has 0 amide bonds. The maximum absolute atomic E-state index is 9.96. The number of fused-ring (bicyclic) bond motifs is 1. The molecule has 1 fully saturated rings. The van der Waals surface area contributed by atoms with Gasteiger partial charge in [-0.15, -0.1) is 0 Å². The van der Waals surface area contributed by atoms with E-state index in [0.29, 0.717) is 12.5 Å². The van der Waals surface area contributed by atoms with E-state index in [0.717, 1.165) is 18.4 Å². The highest BCUT2D eigenvalue weighted by molar-refractivity contribution is 9.09. The molecule has 0 radical (unpaired) electrons. The average Bonchev–Trinajstić information content (AvgIpc) is 2.89. The molecular formula is C13H14BrNO2. The lowest BCUT2D eigenvalue weighted by atomic mass is 10.1. The average molecular weight is 296 g/mol. The van der Waals surface area contributed by atoms with Gasteiger partial charge in [0.25, 0.3) is 0 Å². The van der Waals surface area contributed by atoms with E-state index in [-0.39, 0.29) is 10.9 Å². The largest absolute Gasteiger partial charge is 0.473 e. The Kier molecular flexibility index (Phi) is 2.92. The standard InChI is InChI=1S/C13H14BrNO2/c14-10-5-6-11(12(10)16)15-13-9-4-2-1-3-8(9)7-17-13/h1-4,10-12,16H,5-7H2/b15-13-. The summed E-state index contributed by atoms with van der Waals surface area (Å²) in [5.74, 6) is 0.686. The first-order chi connectivity index (χ1) is 8.25. The topological polar surface area (TPSA) is 41.8 Å². The van der Waals surface area contributed by atoms with E-state index in [4.69, 9.17) is 4.74 Å². The molecule has 0 bridgehead atoms. The number of aliphatic hydroxyl groups excluding tert-OH is 1. The molecule has 0 aromatic heterocycles. The molecule has 1 heterocycles. The van der Waals surface area contributed by atoms with E-state index >= 15 is 0 Å². The molecule has 1 aromatic carbocycles. The summed E-state index contributed by atoms with van der Waals surface area (Å²) >= 11 is 3.47. The summed E-state index contributed by atoms with van der Waals surface area (Å²) < 4.78 is 5.59. The van der Waals surface area contributed by atoms with Crippen LogP contribution in [0.25, 0.3) is 0 Å². The minimum atomic E-state index is -0.404. The third kappa shape index (κ3) is 2.00. The molecule has 1 aliphatic heterocycles. The van der Waals surface area contributed by atoms with Crippen molar-refractivity contribution in [2.45, 2.75) is 36.4 Å². The van der Waals surface area contributed by atoms with E-state index in [9.17, 15) is 5.11 Å². The van der Waals surface area contributed by atoms with Crippen LogP contribution in [0, 0.1) is 0 Å². The van der Waals surface area contributed by atoms with E-state index < -0.39 is 6.10 Å². The SMILES string of the molecule is OC1C(Br)CCC1/N=C1\OCc2ccccc21. The first-order valence-electron chi connectivity index (χ1n) is 5.87. The molecule has 3 unspecified atom stereocenters. The summed E-state index contributed by atoms with van der Waals surface area (Å²) in [5.41, 5.74) is 2.24. The number of hydrogen-bond acceptors (Lipinski definition) is 3. The van der Waals surface area contributed by atoms with Crippen molar-refractivity contribution >= 4 is 21.8 Å². The number of benzene rings is 1. The molecule has 2 aliphatic rings. The van der Waals surface area contributed by atoms with E-state index in [1.54, 1.807) is 0 Å². The van der Waals surface area contributed by atoms with Gasteiger partial charge in [-0.1, -0.05) is 34.1 Å². The van der Waals surface area contributed by atoms with Crippen LogP contribution in [0.1, 0.15) is 24.0 Å². The Balaban J connectivity index is 1.87. The molecule has 3 rings (SSSR count). The highest BCUT2D eigenvalue weighted by atomic mass is 79.9. The molecule has 17 heavy (non-hydrogen) atoms. The number of nitrogens with zero attached hydrogens (tertiary/aromatic N) is 1. The number of rotatable bonds is 1. The second-order valence-electron chi connectivity index (χ2n) is 4.53. The van der Waals surface area contributed by atoms with E-state index in [2.05, 4.69) is 27.0 Å². The van der Waals surface area contributed by atoms with Crippen molar-refractivity contribution in [2.24, 2.45) is 4.99 Å². The van der Waals surface area contributed by atoms with Crippen LogP contribution in [-0.4, -0.2) is 28.0 Å². The van der Waals surface area contributed by atoms with Crippen LogP contribution in [0.5, 0.6) is 0 Å². The van der Waals surface area contributed by atoms with Crippen LogP contribution in [0.4, 0.5) is 0 Å². The van der Waals surface area contributed by atoms with Crippen molar-refractivity contribution in [2.75, 3.05) is 0 Å². The normalized spacial score (nSPS) is 33.8. The van der Waals surface area contributed by atoms with Crippen molar-refractivity contribution < 1.29 is 9.84 Å². The number of aliphatic imine (C=N–C) groups is 1. The number of halogens is 1. The Morgan fingerprint density at radius 1 is 1.29 bits per heavy atom. The van der Waals surface area contributed by atoms with Crippen molar-refractivity contribution in [1.29, 1.82) is 0 Å². The van der Waals surface area contributed by atoms with Gasteiger partial charge in [0.15, 0.2) is 0 Å². The Hall–Kier alpha value is -0.870. The van der Waals surface area contributed by atoms with Gasteiger partial charge < -0.3 is 9.84 Å². The lowest BCUT2D eigenvalue weighted by Crippen LogP contribution is -2.25. The van der Waals surface area contributed by atoms with Gasteiger partial charge in [0.2, 0.25) is 5.90 Å². The fourth-order valence-electron chi connectivity index (χ4n) is 2.39. The number of ether oxygens (including phenoxy) is 1. The molecule has 1 N–H and O–H groups in total. The lowest BCUT2D eigenvalue weighted by Gasteiger charge is -2.12. The fourth-order valence-corrected chi connectivity index (χ4v) is 3.01. The zero-order valence-electron chi connectivity index (χ0n) is 9.34. The molecule has 4 heteroatoms. The number of hydrogen-bond donors (Lipinski definition) is 1. The Morgan fingerprint density at radius 3 is 2.88 bits per heavy atom. The van der Waals surface area contributed by atoms with Gasteiger partial charge in [-0.25, -0.2) is 4.99 Å². The van der Waals surface area contributed by atoms with Crippen LogP contribution >= 0.6 is 15.9 Å². The molecular weight excluding hydrogens is 282 g/mol. The van der Waals surface area contributed by atoms with Crippen molar-refractivity contribution in [3.8, 4) is 0 Å². The van der Waals surface area contributed by atoms with Gasteiger partial charge in [0.1, 0.15) is 6.61 Å². The molecule has 1 saturated carbocycles. The first-order valence-corrected chi connectivity index (χ1v) is 6.78. The Bertz CT molecular complexity index is 460. The zero-order chi connectivity index (χ0) is 11.8. The number of aliphatic hydroxyl groups is 1. The molecule has 0 spiro atoms. The Labute approximate surface area is 109 Å². The molecule has 0 saturated heterocycles. The highest BCUT2D eigenvalue weighted by Gasteiger charge is 2.34. The summed E-state index contributed by atoms with van der Waals surface area (Å²) in [4.78, 5) is 4.72. The van der Waals surface area contributed by atoms with Gasteiger partial charge in [0.05, 0.1) is 12.1 Å². The highest BCUT2D eigenvalue weighted by Crippen LogP contribution is 2.30. The zero-order valence-corrected chi connectivity index (χ0v) is 10.9. The van der Waals surface area contributed by atoms with Crippen LogP contribution in [0.3, 0.4) is 0 Å². The second-order valence-corrected chi connectivity index (χ2v) is 5.71. The summed E-state index contributed by atoms with van der Waals surface area (Å²) in [6.45, 7) is 0.593.